The summed E-state index contributed by atoms with van der Waals surface area (Å²) in [6.45, 7) is 0. The van der Waals surface area contributed by atoms with Crippen molar-refractivity contribution in [2.45, 2.75) is 6.18 Å². The molecule has 0 saturated heterocycles. The molecule has 0 bridgehead atoms. The molecule has 0 aliphatic heterocycles. The lowest BCUT2D eigenvalue weighted by molar-refractivity contribution is -0.152. The second-order valence-corrected chi connectivity index (χ2v) is 8.17. The van der Waals surface area contributed by atoms with E-state index in [2.05, 4.69) is 15.9 Å². The van der Waals surface area contributed by atoms with Crippen molar-refractivity contribution < 1.29 is 36.6 Å². The standard InChI is InChI=1S/C25H16BrF3O6/c1-32-18-10-5-14(11-20(18)33-2)21-22(30)17-9-8-16(12-19(17)35-23(21)25(27,28)29)34-24(31)13-3-6-15(26)7-4-13/h3-12H,1-2H3. The Morgan fingerprint density at radius 1 is 0.914 bits per heavy atom. The Morgan fingerprint density at radius 2 is 1.60 bits per heavy atom. The first-order valence-corrected chi connectivity index (χ1v) is 10.8. The van der Waals surface area contributed by atoms with E-state index in [0.29, 0.717) is 0 Å². The molecular formula is C25H16BrF3O6. The molecule has 6 nitrogen and oxygen atoms in total. The van der Waals surface area contributed by atoms with Gasteiger partial charge in [-0.05, 0) is 54.1 Å². The van der Waals surface area contributed by atoms with E-state index in [9.17, 15) is 22.8 Å². The summed E-state index contributed by atoms with van der Waals surface area (Å²) >= 11 is 3.26. The normalized spacial score (nSPS) is 11.4. The molecule has 35 heavy (non-hydrogen) atoms. The van der Waals surface area contributed by atoms with Gasteiger partial charge in [-0.2, -0.15) is 13.2 Å². The Morgan fingerprint density at radius 3 is 2.23 bits per heavy atom. The number of halogens is 4. The van der Waals surface area contributed by atoms with E-state index in [1.165, 1.54) is 56.7 Å². The maximum Gasteiger partial charge on any atom is 0.450 e. The molecule has 1 heterocycles. The summed E-state index contributed by atoms with van der Waals surface area (Å²) in [5.74, 6) is -1.86. The first kappa shape index (κ1) is 24.3. The molecule has 3 aromatic carbocycles. The van der Waals surface area contributed by atoms with Gasteiger partial charge in [0.2, 0.25) is 11.2 Å². The van der Waals surface area contributed by atoms with Crippen molar-refractivity contribution in [1.29, 1.82) is 0 Å². The van der Waals surface area contributed by atoms with E-state index < -0.39 is 28.9 Å². The van der Waals surface area contributed by atoms with Crippen LogP contribution in [0.25, 0.3) is 22.1 Å². The fourth-order valence-corrected chi connectivity index (χ4v) is 3.71. The largest absolute Gasteiger partial charge is 0.493 e. The van der Waals surface area contributed by atoms with Gasteiger partial charge < -0.3 is 18.6 Å². The number of ether oxygens (including phenoxy) is 3. The van der Waals surface area contributed by atoms with Crippen molar-refractivity contribution in [2.24, 2.45) is 0 Å². The van der Waals surface area contributed by atoms with Crippen LogP contribution in [0.4, 0.5) is 13.2 Å². The van der Waals surface area contributed by atoms with Gasteiger partial charge in [0.25, 0.3) is 0 Å². The van der Waals surface area contributed by atoms with Crippen molar-refractivity contribution in [3.63, 3.8) is 0 Å². The second kappa shape index (κ2) is 9.46. The average molecular weight is 549 g/mol. The van der Waals surface area contributed by atoms with Gasteiger partial charge in [0.05, 0.1) is 30.7 Å². The number of hydrogen-bond donors (Lipinski definition) is 0. The number of hydrogen-bond acceptors (Lipinski definition) is 6. The Bertz CT molecular complexity index is 1480. The molecular weight excluding hydrogens is 533 g/mol. The third-order valence-corrected chi connectivity index (χ3v) is 5.61. The average Bonchev–Trinajstić information content (AvgIpc) is 2.83. The molecule has 0 saturated carbocycles. The molecule has 0 aliphatic carbocycles. The van der Waals surface area contributed by atoms with Crippen LogP contribution in [0.1, 0.15) is 16.1 Å². The predicted molar refractivity (Wildman–Crippen MR) is 125 cm³/mol. The molecule has 10 heteroatoms. The second-order valence-electron chi connectivity index (χ2n) is 7.26. The molecule has 0 atom stereocenters. The minimum absolute atomic E-state index is 0.0589. The van der Waals surface area contributed by atoms with Gasteiger partial charge in [0.1, 0.15) is 11.3 Å². The van der Waals surface area contributed by atoms with E-state index in [1.807, 2.05) is 0 Å². The maximum absolute atomic E-state index is 14.0. The minimum atomic E-state index is -4.99. The van der Waals surface area contributed by atoms with Crippen LogP contribution in [0.2, 0.25) is 0 Å². The summed E-state index contributed by atoms with van der Waals surface area (Å²) in [5, 5.41) is -0.119. The van der Waals surface area contributed by atoms with Crippen LogP contribution in [0, 0.1) is 0 Å². The molecule has 0 spiro atoms. The molecule has 0 unspecified atom stereocenters. The summed E-state index contributed by atoms with van der Waals surface area (Å²) in [6.07, 6.45) is -4.99. The quantitative estimate of drug-likeness (QED) is 0.210. The van der Waals surface area contributed by atoms with Crippen molar-refractivity contribution in [3.8, 4) is 28.4 Å². The molecule has 1 aromatic heterocycles. The highest BCUT2D eigenvalue weighted by Crippen LogP contribution is 2.40. The SMILES string of the molecule is COc1ccc(-c2c(C(F)(F)F)oc3cc(OC(=O)c4ccc(Br)cc4)ccc3c2=O)cc1OC. The molecule has 0 N–H and O–H groups in total. The van der Waals surface area contributed by atoms with E-state index >= 15 is 0 Å². The highest BCUT2D eigenvalue weighted by molar-refractivity contribution is 9.10. The lowest BCUT2D eigenvalue weighted by Gasteiger charge is -2.15. The number of alkyl halides is 3. The van der Waals surface area contributed by atoms with Crippen molar-refractivity contribution >= 4 is 32.9 Å². The van der Waals surface area contributed by atoms with E-state index in [4.69, 9.17) is 18.6 Å². The number of carbonyl (C=O) groups excluding carboxylic acids is 1. The minimum Gasteiger partial charge on any atom is -0.493 e. The smallest absolute Gasteiger partial charge is 0.450 e. The number of esters is 1. The molecule has 0 radical (unpaired) electrons. The third kappa shape index (κ3) is 4.88. The molecule has 4 aromatic rings. The van der Waals surface area contributed by atoms with Crippen LogP contribution in [-0.2, 0) is 6.18 Å². The molecule has 0 aliphatic rings. The zero-order valence-electron chi connectivity index (χ0n) is 18.2. The van der Waals surface area contributed by atoms with Gasteiger partial charge in [0, 0.05) is 10.5 Å². The number of methoxy groups -OCH3 is 2. The van der Waals surface area contributed by atoms with Crippen molar-refractivity contribution in [3.05, 3.63) is 86.7 Å². The number of benzene rings is 3. The van der Waals surface area contributed by atoms with E-state index in [0.717, 1.165) is 10.5 Å². The van der Waals surface area contributed by atoms with Gasteiger partial charge in [-0.3, -0.25) is 4.79 Å². The van der Waals surface area contributed by atoms with Crippen LogP contribution in [0.3, 0.4) is 0 Å². The first-order chi connectivity index (χ1) is 16.6. The van der Waals surface area contributed by atoms with Crippen LogP contribution >= 0.6 is 15.9 Å². The Labute approximate surface area is 205 Å². The lowest BCUT2D eigenvalue weighted by atomic mass is 10.0. The molecule has 4 rings (SSSR count). The van der Waals surface area contributed by atoms with Crippen LogP contribution in [0.15, 0.2) is 74.3 Å². The van der Waals surface area contributed by atoms with Crippen LogP contribution in [0.5, 0.6) is 17.2 Å². The van der Waals surface area contributed by atoms with Gasteiger partial charge >= 0.3 is 12.1 Å². The molecule has 0 amide bonds. The number of carbonyl (C=O) groups is 1. The zero-order chi connectivity index (χ0) is 25.3. The summed E-state index contributed by atoms with van der Waals surface area (Å²) < 4.78 is 63.3. The van der Waals surface area contributed by atoms with Crippen molar-refractivity contribution in [2.75, 3.05) is 14.2 Å². The number of fused-ring (bicyclic) bond motifs is 1. The summed E-state index contributed by atoms with van der Waals surface area (Å²) in [6, 6.07) is 13.9. The predicted octanol–water partition coefficient (Wildman–Crippen LogP) is 6.48. The first-order valence-electron chi connectivity index (χ1n) is 10.0. The lowest BCUT2D eigenvalue weighted by Crippen LogP contribution is -2.16. The maximum atomic E-state index is 14.0. The third-order valence-electron chi connectivity index (χ3n) is 5.08. The fraction of sp³-hybridized carbons (Fsp3) is 0.120. The summed E-state index contributed by atoms with van der Waals surface area (Å²) in [4.78, 5) is 25.6. The van der Waals surface area contributed by atoms with Crippen LogP contribution in [-0.4, -0.2) is 20.2 Å². The molecule has 0 fully saturated rings. The highest BCUT2D eigenvalue weighted by Gasteiger charge is 2.39. The van der Waals surface area contributed by atoms with Crippen molar-refractivity contribution in [1.82, 2.24) is 0 Å². The van der Waals surface area contributed by atoms with Gasteiger partial charge in [-0.25, -0.2) is 4.79 Å². The number of rotatable bonds is 5. The monoisotopic (exact) mass is 548 g/mol. The Hall–Kier alpha value is -3.79. The highest BCUT2D eigenvalue weighted by atomic mass is 79.9. The fourth-order valence-electron chi connectivity index (χ4n) is 3.44. The Balaban J connectivity index is 1.83. The summed E-state index contributed by atoms with van der Waals surface area (Å²) in [5.41, 5.74) is -1.79. The van der Waals surface area contributed by atoms with Gasteiger partial charge in [0.15, 0.2) is 11.5 Å². The Kier molecular flexibility index (Phi) is 6.58. The van der Waals surface area contributed by atoms with Crippen LogP contribution < -0.4 is 19.6 Å². The van der Waals surface area contributed by atoms with Gasteiger partial charge in [-0.1, -0.05) is 22.0 Å². The van der Waals surface area contributed by atoms with E-state index in [-0.39, 0.29) is 39.3 Å². The topological polar surface area (TPSA) is 75.0 Å². The summed E-state index contributed by atoms with van der Waals surface area (Å²) in [7, 11) is 2.70. The zero-order valence-corrected chi connectivity index (χ0v) is 19.8. The molecule has 180 valence electrons. The van der Waals surface area contributed by atoms with E-state index in [1.54, 1.807) is 12.1 Å². The van der Waals surface area contributed by atoms with Gasteiger partial charge in [-0.15, -0.1) is 0 Å².